The number of nitrogens with one attached hydrogen (secondary N) is 2. The Morgan fingerprint density at radius 3 is 3.14 bits per heavy atom. The van der Waals surface area contributed by atoms with Crippen molar-refractivity contribution in [3.05, 3.63) is 18.0 Å². The molecule has 0 radical (unpaired) electrons. The van der Waals surface area contributed by atoms with E-state index in [0.29, 0.717) is 13.0 Å². The van der Waals surface area contributed by atoms with Gasteiger partial charge in [-0.1, -0.05) is 0 Å². The average Bonchev–Trinajstić information content (AvgIpc) is 2.67. The van der Waals surface area contributed by atoms with Crippen LogP contribution < -0.4 is 11.1 Å². The van der Waals surface area contributed by atoms with Crippen LogP contribution in [0.1, 0.15) is 31.4 Å². The molecule has 0 saturated heterocycles. The molecule has 1 aromatic heterocycles. The normalized spacial score (nSPS) is 12.4. The summed E-state index contributed by atoms with van der Waals surface area (Å²) in [4.78, 5) is 11.3. The highest BCUT2D eigenvalue weighted by atomic mass is 16.1. The molecule has 14 heavy (non-hydrogen) atoms. The second kappa shape index (κ2) is 5.39. The standard InChI is InChI=1S/C9H16N4O/c1-7(8-5-11-12-6-8)13-9(14)3-2-4-10/h5-7H,2-4,10H2,1H3,(H,11,12)(H,13,14). The van der Waals surface area contributed by atoms with Crippen LogP contribution in [0.25, 0.3) is 0 Å². The third-order valence-electron chi connectivity index (χ3n) is 2.00. The summed E-state index contributed by atoms with van der Waals surface area (Å²) in [5.74, 6) is 0.0316. The summed E-state index contributed by atoms with van der Waals surface area (Å²) in [6.07, 6.45) is 4.68. The third kappa shape index (κ3) is 3.18. The molecule has 0 saturated carbocycles. The lowest BCUT2D eigenvalue weighted by molar-refractivity contribution is -0.121. The molecule has 0 aromatic carbocycles. The molecule has 1 unspecified atom stereocenters. The molecule has 0 bridgehead atoms. The lowest BCUT2D eigenvalue weighted by Gasteiger charge is -2.11. The van der Waals surface area contributed by atoms with Crippen LogP contribution >= 0.6 is 0 Å². The summed E-state index contributed by atoms with van der Waals surface area (Å²) in [6.45, 7) is 2.47. The molecule has 78 valence electrons. The molecule has 1 rings (SSSR count). The van der Waals surface area contributed by atoms with Gasteiger partial charge in [-0.3, -0.25) is 9.89 Å². The van der Waals surface area contributed by atoms with E-state index in [9.17, 15) is 4.79 Å². The second-order valence-corrected chi connectivity index (χ2v) is 3.21. The number of aromatic nitrogens is 2. The molecule has 1 aromatic rings. The number of carbonyl (C=O) groups excluding carboxylic acids is 1. The summed E-state index contributed by atoms with van der Waals surface area (Å²) in [6, 6.07) is -0.000903. The zero-order chi connectivity index (χ0) is 10.4. The maximum atomic E-state index is 11.3. The minimum absolute atomic E-state index is 0.000903. The number of amides is 1. The average molecular weight is 196 g/mol. The van der Waals surface area contributed by atoms with Crippen molar-refractivity contribution < 1.29 is 4.79 Å². The first-order valence-corrected chi connectivity index (χ1v) is 4.72. The van der Waals surface area contributed by atoms with Gasteiger partial charge < -0.3 is 11.1 Å². The van der Waals surface area contributed by atoms with Crippen LogP contribution in [0.2, 0.25) is 0 Å². The van der Waals surface area contributed by atoms with Crippen LogP contribution in [0.4, 0.5) is 0 Å². The highest BCUT2D eigenvalue weighted by molar-refractivity contribution is 5.76. The van der Waals surface area contributed by atoms with Gasteiger partial charge in [0.05, 0.1) is 12.2 Å². The Hall–Kier alpha value is -1.36. The Kier molecular flexibility index (Phi) is 4.12. The van der Waals surface area contributed by atoms with Crippen LogP contribution in [0, 0.1) is 0 Å². The Morgan fingerprint density at radius 2 is 2.57 bits per heavy atom. The van der Waals surface area contributed by atoms with Crippen molar-refractivity contribution in [3.8, 4) is 0 Å². The zero-order valence-corrected chi connectivity index (χ0v) is 8.29. The van der Waals surface area contributed by atoms with Crippen molar-refractivity contribution in [2.24, 2.45) is 5.73 Å². The summed E-state index contributed by atoms with van der Waals surface area (Å²) in [5.41, 5.74) is 6.29. The van der Waals surface area contributed by atoms with E-state index in [-0.39, 0.29) is 11.9 Å². The van der Waals surface area contributed by atoms with Gasteiger partial charge in [0.15, 0.2) is 0 Å². The van der Waals surface area contributed by atoms with Crippen molar-refractivity contribution in [3.63, 3.8) is 0 Å². The molecule has 5 heteroatoms. The third-order valence-corrected chi connectivity index (χ3v) is 2.00. The fourth-order valence-corrected chi connectivity index (χ4v) is 1.16. The zero-order valence-electron chi connectivity index (χ0n) is 8.29. The van der Waals surface area contributed by atoms with Crippen molar-refractivity contribution in [2.75, 3.05) is 6.54 Å². The monoisotopic (exact) mass is 196 g/mol. The number of nitrogens with two attached hydrogens (primary N) is 1. The van der Waals surface area contributed by atoms with Gasteiger partial charge in [0.1, 0.15) is 0 Å². The molecule has 0 spiro atoms. The molecular formula is C9H16N4O. The Balaban J connectivity index is 2.33. The van der Waals surface area contributed by atoms with E-state index in [1.54, 1.807) is 12.4 Å². The quantitative estimate of drug-likeness (QED) is 0.634. The van der Waals surface area contributed by atoms with Gasteiger partial charge in [-0.25, -0.2) is 0 Å². The number of nitrogens with zero attached hydrogens (tertiary/aromatic N) is 1. The Morgan fingerprint density at radius 1 is 1.79 bits per heavy atom. The van der Waals surface area contributed by atoms with Crippen molar-refractivity contribution in [1.82, 2.24) is 15.5 Å². The van der Waals surface area contributed by atoms with Gasteiger partial charge in [0, 0.05) is 18.2 Å². The minimum Gasteiger partial charge on any atom is -0.349 e. The number of carbonyl (C=O) groups is 1. The van der Waals surface area contributed by atoms with Crippen LogP contribution in [-0.2, 0) is 4.79 Å². The minimum atomic E-state index is -0.000903. The van der Waals surface area contributed by atoms with Crippen molar-refractivity contribution in [2.45, 2.75) is 25.8 Å². The summed E-state index contributed by atoms with van der Waals surface area (Å²) >= 11 is 0. The topological polar surface area (TPSA) is 83.8 Å². The first-order valence-electron chi connectivity index (χ1n) is 4.72. The summed E-state index contributed by atoms with van der Waals surface area (Å²) in [5, 5.41) is 9.38. The lowest BCUT2D eigenvalue weighted by Crippen LogP contribution is -2.26. The van der Waals surface area contributed by atoms with Crippen LogP contribution in [0.15, 0.2) is 12.4 Å². The van der Waals surface area contributed by atoms with Crippen molar-refractivity contribution in [1.29, 1.82) is 0 Å². The molecule has 1 amide bonds. The Labute approximate surface area is 83.1 Å². The summed E-state index contributed by atoms with van der Waals surface area (Å²) < 4.78 is 0. The van der Waals surface area contributed by atoms with Gasteiger partial charge in [-0.05, 0) is 19.9 Å². The number of rotatable bonds is 5. The number of hydrogen-bond acceptors (Lipinski definition) is 3. The van der Waals surface area contributed by atoms with Gasteiger partial charge >= 0.3 is 0 Å². The van der Waals surface area contributed by atoms with E-state index in [1.807, 2.05) is 6.92 Å². The molecule has 0 aliphatic carbocycles. The molecular weight excluding hydrogens is 180 g/mol. The van der Waals surface area contributed by atoms with Crippen molar-refractivity contribution >= 4 is 5.91 Å². The van der Waals surface area contributed by atoms with Gasteiger partial charge in [-0.15, -0.1) is 0 Å². The smallest absolute Gasteiger partial charge is 0.220 e. The fraction of sp³-hybridized carbons (Fsp3) is 0.556. The lowest BCUT2D eigenvalue weighted by atomic mass is 10.2. The fourth-order valence-electron chi connectivity index (χ4n) is 1.16. The van der Waals surface area contributed by atoms with Gasteiger partial charge in [-0.2, -0.15) is 5.10 Å². The molecule has 5 nitrogen and oxygen atoms in total. The maximum Gasteiger partial charge on any atom is 0.220 e. The van der Waals surface area contributed by atoms with E-state index in [1.165, 1.54) is 0 Å². The number of aromatic amines is 1. The molecule has 1 heterocycles. The Bertz CT molecular complexity index is 270. The highest BCUT2D eigenvalue weighted by Gasteiger charge is 2.09. The number of hydrogen-bond donors (Lipinski definition) is 3. The van der Waals surface area contributed by atoms with E-state index < -0.39 is 0 Å². The van der Waals surface area contributed by atoms with E-state index in [4.69, 9.17) is 5.73 Å². The van der Waals surface area contributed by atoms with Gasteiger partial charge in [0.2, 0.25) is 5.91 Å². The van der Waals surface area contributed by atoms with Gasteiger partial charge in [0.25, 0.3) is 0 Å². The first-order chi connectivity index (χ1) is 6.74. The number of H-pyrrole nitrogens is 1. The van der Waals surface area contributed by atoms with E-state index >= 15 is 0 Å². The maximum absolute atomic E-state index is 11.3. The molecule has 0 fully saturated rings. The SMILES string of the molecule is CC(NC(=O)CCCN)c1cn[nH]c1. The van der Waals surface area contributed by atoms with Crippen LogP contribution in [-0.4, -0.2) is 22.6 Å². The predicted molar refractivity (Wildman–Crippen MR) is 53.4 cm³/mol. The summed E-state index contributed by atoms with van der Waals surface area (Å²) in [7, 11) is 0. The highest BCUT2D eigenvalue weighted by Crippen LogP contribution is 2.08. The van der Waals surface area contributed by atoms with Crippen LogP contribution in [0.5, 0.6) is 0 Å². The molecule has 0 aliphatic rings. The molecule has 1 atom stereocenters. The molecule has 0 aliphatic heterocycles. The second-order valence-electron chi connectivity index (χ2n) is 3.21. The predicted octanol–water partition coefficient (Wildman–Crippen LogP) is 0.326. The van der Waals surface area contributed by atoms with E-state index in [0.717, 1.165) is 12.0 Å². The van der Waals surface area contributed by atoms with Crippen LogP contribution in [0.3, 0.4) is 0 Å². The molecule has 4 N–H and O–H groups in total. The van der Waals surface area contributed by atoms with E-state index in [2.05, 4.69) is 15.5 Å². The largest absolute Gasteiger partial charge is 0.349 e. The first kappa shape index (κ1) is 10.7.